The van der Waals surface area contributed by atoms with E-state index in [1.807, 2.05) is 55.5 Å². The topological polar surface area (TPSA) is 69.8 Å². The number of H-pyrrole nitrogens is 1. The third-order valence-electron chi connectivity index (χ3n) is 3.37. The summed E-state index contributed by atoms with van der Waals surface area (Å²) in [7, 11) is 0. The minimum absolute atomic E-state index is 0.288. The third-order valence-corrected chi connectivity index (χ3v) is 3.37. The molecule has 0 aliphatic carbocycles. The molecule has 5 heteroatoms. The zero-order chi connectivity index (χ0) is 15.4. The second-order valence-corrected chi connectivity index (χ2v) is 4.96. The normalized spacial score (nSPS) is 11.0. The number of anilines is 1. The van der Waals surface area contributed by atoms with Crippen LogP contribution in [0.4, 0.5) is 10.5 Å². The summed E-state index contributed by atoms with van der Waals surface area (Å²) >= 11 is 0. The van der Waals surface area contributed by atoms with Crippen LogP contribution < -0.4 is 10.6 Å². The molecule has 0 spiro atoms. The number of nitrogens with zero attached hydrogens (tertiary/aromatic N) is 1. The van der Waals surface area contributed by atoms with Crippen molar-refractivity contribution in [2.45, 2.75) is 6.92 Å². The van der Waals surface area contributed by atoms with Gasteiger partial charge in [0.2, 0.25) is 0 Å². The molecule has 0 unspecified atom stereocenters. The first kappa shape index (κ1) is 13.9. The Morgan fingerprint density at radius 2 is 2.09 bits per heavy atom. The van der Waals surface area contributed by atoms with E-state index in [9.17, 15) is 4.79 Å². The van der Waals surface area contributed by atoms with Crippen LogP contribution in [0.15, 0.2) is 54.9 Å². The highest BCUT2D eigenvalue weighted by Gasteiger charge is 2.01. The van der Waals surface area contributed by atoms with E-state index in [4.69, 9.17) is 0 Å². The van der Waals surface area contributed by atoms with E-state index < -0.39 is 0 Å². The molecule has 5 nitrogen and oxygen atoms in total. The van der Waals surface area contributed by atoms with Gasteiger partial charge in [-0.2, -0.15) is 5.10 Å². The molecule has 0 aliphatic rings. The molecular formula is C17H16N4O. The Balaban J connectivity index is 1.61. The Hall–Kier alpha value is -3.08. The smallest absolute Gasteiger partial charge is 0.314 e. The number of aromatic nitrogens is 2. The SMILES string of the molecule is Cc1ccccc1/C=C/NC(=O)Nc1ccc2cn[nH]c2c1. The van der Waals surface area contributed by atoms with Crippen LogP contribution in [0.25, 0.3) is 17.0 Å². The fourth-order valence-electron chi connectivity index (χ4n) is 2.16. The van der Waals surface area contributed by atoms with Crippen LogP contribution in [-0.2, 0) is 0 Å². The molecule has 3 aromatic rings. The molecule has 0 saturated carbocycles. The van der Waals surface area contributed by atoms with E-state index in [2.05, 4.69) is 20.8 Å². The number of aryl methyl sites for hydroxylation is 1. The highest BCUT2D eigenvalue weighted by molar-refractivity contribution is 5.93. The molecule has 1 aromatic heterocycles. The van der Waals surface area contributed by atoms with Crippen molar-refractivity contribution in [2.24, 2.45) is 0 Å². The highest BCUT2D eigenvalue weighted by atomic mass is 16.2. The molecule has 0 radical (unpaired) electrons. The van der Waals surface area contributed by atoms with Gasteiger partial charge >= 0.3 is 6.03 Å². The maximum atomic E-state index is 11.9. The van der Waals surface area contributed by atoms with Crippen molar-refractivity contribution in [1.82, 2.24) is 15.5 Å². The van der Waals surface area contributed by atoms with Gasteiger partial charge in [0.25, 0.3) is 0 Å². The van der Waals surface area contributed by atoms with Gasteiger partial charge in [0.1, 0.15) is 0 Å². The molecule has 1 heterocycles. The number of aromatic amines is 1. The molecule has 110 valence electrons. The van der Waals surface area contributed by atoms with Crippen LogP contribution in [0.3, 0.4) is 0 Å². The van der Waals surface area contributed by atoms with E-state index >= 15 is 0 Å². The number of rotatable bonds is 3. The van der Waals surface area contributed by atoms with Crippen LogP contribution >= 0.6 is 0 Å². The van der Waals surface area contributed by atoms with Crippen molar-refractivity contribution >= 4 is 28.7 Å². The van der Waals surface area contributed by atoms with Crippen molar-refractivity contribution in [1.29, 1.82) is 0 Å². The van der Waals surface area contributed by atoms with Crippen molar-refractivity contribution in [2.75, 3.05) is 5.32 Å². The van der Waals surface area contributed by atoms with Gasteiger partial charge in [0, 0.05) is 17.3 Å². The lowest BCUT2D eigenvalue weighted by molar-refractivity contribution is 0.255. The number of hydrogen-bond acceptors (Lipinski definition) is 2. The maximum absolute atomic E-state index is 11.9. The Labute approximate surface area is 128 Å². The number of urea groups is 1. The van der Waals surface area contributed by atoms with Crippen molar-refractivity contribution in [3.8, 4) is 0 Å². The summed E-state index contributed by atoms with van der Waals surface area (Å²) in [6.45, 7) is 2.03. The summed E-state index contributed by atoms with van der Waals surface area (Å²) in [5, 5.41) is 13.3. The number of carbonyl (C=O) groups excluding carboxylic acids is 1. The van der Waals surface area contributed by atoms with Crippen LogP contribution in [0.5, 0.6) is 0 Å². The zero-order valence-electron chi connectivity index (χ0n) is 12.1. The molecule has 2 aromatic carbocycles. The first-order valence-electron chi connectivity index (χ1n) is 6.95. The summed E-state index contributed by atoms with van der Waals surface area (Å²) in [4.78, 5) is 11.9. The van der Waals surface area contributed by atoms with Crippen LogP contribution in [-0.4, -0.2) is 16.2 Å². The van der Waals surface area contributed by atoms with Gasteiger partial charge < -0.3 is 10.6 Å². The van der Waals surface area contributed by atoms with Crippen molar-refractivity contribution in [3.05, 3.63) is 66.0 Å². The molecule has 22 heavy (non-hydrogen) atoms. The third kappa shape index (κ3) is 3.15. The number of hydrogen-bond donors (Lipinski definition) is 3. The average molecular weight is 292 g/mol. The fraction of sp³-hybridized carbons (Fsp3) is 0.0588. The van der Waals surface area contributed by atoms with E-state index in [0.717, 1.165) is 22.0 Å². The second kappa shape index (κ2) is 6.13. The molecule has 2 amide bonds. The summed E-state index contributed by atoms with van der Waals surface area (Å²) in [6, 6.07) is 13.3. The number of nitrogens with one attached hydrogen (secondary N) is 3. The number of fused-ring (bicyclic) bond motifs is 1. The molecule has 0 bridgehead atoms. The Morgan fingerprint density at radius 3 is 2.95 bits per heavy atom. The molecule has 0 saturated heterocycles. The Morgan fingerprint density at radius 1 is 1.23 bits per heavy atom. The predicted molar refractivity (Wildman–Crippen MR) is 88.5 cm³/mol. The lowest BCUT2D eigenvalue weighted by atomic mass is 10.1. The van der Waals surface area contributed by atoms with Gasteiger partial charge in [-0.05, 0) is 42.3 Å². The zero-order valence-corrected chi connectivity index (χ0v) is 12.1. The average Bonchev–Trinajstić information content (AvgIpc) is 2.97. The predicted octanol–water partition coefficient (Wildman–Crippen LogP) is 3.66. The number of amides is 2. The minimum atomic E-state index is -0.288. The van der Waals surface area contributed by atoms with Gasteiger partial charge in [0.05, 0.1) is 11.7 Å². The lowest BCUT2D eigenvalue weighted by Gasteiger charge is -2.05. The highest BCUT2D eigenvalue weighted by Crippen LogP contribution is 2.16. The van der Waals surface area contributed by atoms with Crippen LogP contribution in [0.1, 0.15) is 11.1 Å². The quantitative estimate of drug-likeness (QED) is 0.689. The summed E-state index contributed by atoms with van der Waals surface area (Å²) in [6.07, 6.45) is 5.24. The molecule has 3 N–H and O–H groups in total. The molecule has 0 aliphatic heterocycles. The van der Waals surface area contributed by atoms with E-state index in [1.54, 1.807) is 12.4 Å². The van der Waals surface area contributed by atoms with Crippen molar-refractivity contribution < 1.29 is 4.79 Å². The van der Waals surface area contributed by atoms with Gasteiger partial charge in [-0.1, -0.05) is 24.3 Å². The van der Waals surface area contributed by atoms with E-state index in [1.165, 1.54) is 0 Å². The molecule has 0 atom stereocenters. The van der Waals surface area contributed by atoms with Gasteiger partial charge in [0.15, 0.2) is 0 Å². The fourth-order valence-corrected chi connectivity index (χ4v) is 2.16. The van der Waals surface area contributed by atoms with E-state index in [0.29, 0.717) is 5.69 Å². The first-order valence-corrected chi connectivity index (χ1v) is 6.95. The Kier molecular flexibility index (Phi) is 3.87. The van der Waals surface area contributed by atoms with Gasteiger partial charge in [-0.15, -0.1) is 0 Å². The van der Waals surface area contributed by atoms with Crippen LogP contribution in [0, 0.1) is 6.92 Å². The molecular weight excluding hydrogens is 276 g/mol. The van der Waals surface area contributed by atoms with Crippen LogP contribution in [0.2, 0.25) is 0 Å². The van der Waals surface area contributed by atoms with Gasteiger partial charge in [-0.25, -0.2) is 4.79 Å². The first-order chi connectivity index (χ1) is 10.7. The standard InChI is InChI=1S/C17H16N4O/c1-12-4-2-3-5-13(12)8-9-18-17(22)20-15-7-6-14-11-19-21-16(14)10-15/h2-11H,1H3,(H,19,21)(H2,18,20,22)/b9-8+. The second-order valence-electron chi connectivity index (χ2n) is 4.96. The number of benzene rings is 2. The van der Waals surface area contributed by atoms with Crippen molar-refractivity contribution in [3.63, 3.8) is 0 Å². The Bertz CT molecular complexity index is 835. The molecule has 0 fully saturated rings. The molecule has 3 rings (SSSR count). The summed E-state index contributed by atoms with van der Waals surface area (Å²) in [5.41, 5.74) is 3.82. The summed E-state index contributed by atoms with van der Waals surface area (Å²) < 4.78 is 0. The number of carbonyl (C=O) groups is 1. The largest absolute Gasteiger partial charge is 0.323 e. The maximum Gasteiger partial charge on any atom is 0.323 e. The summed E-state index contributed by atoms with van der Waals surface area (Å²) in [5.74, 6) is 0. The monoisotopic (exact) mass is 292 g/mol. The minimum Gasteiger partial charge on any atom is -0.314 e. The van der Waals surface area contributed by atoms with E-state index in [-0.39, 0.29) is 6.03 Å². The lowest BCUT2D eigenvalue weighted by Crippen LogP contribution is -2.23. The van der Waals surface area contributed by atoms with Gasteiger partial charge in [-0.3, -0.25) is 5.10 Å².